The Morgan fingerprint density at radius 3 is 2.90 bits per heavy atom. The Kier molecular flexibility index (Phi) is 3.52. The van der Waals surface area contributed by atoms with Crippen LogP contribution in [0.2, 0.25) is 5.02 Å². The number of halogens is 1. The van der Waals surface area contributed by atoms with Gasteiger partial charge >= 0.3 is 0 Å². The average Bonchev–Trinajstić information content (AvgIpc) is 2.44. The molecule has 0 bridgehead atoms. The van der Waals surface area contributed by atoms with Gasteiger partial charge in [0.2, 0.25) is 0 Å². The second kappa shape index (κ2) is 5.47. The van der Waals surface area contributed by atoms with Crippen molar-refractivity contribution in [2.75, 3.05) is 0 Å². The van der Waals surface area contributed by atoms with Gasteiger partial charge < -0.3 is 4.74 Å². The third kappa shape index (κ3) is 2.73. The molecule has 0 amide bonds. The molecule has 0 aliphatic heterocycles. The number of aromatic nitrogens is 2. The molecule has 3 rings (SSSR count). The first-order valence-corrected chi connectivity index (χ1v) is 6.70. The van der Waals surface area contributed by atoms with E-state index in [0.717, 1.165) is 28.0 Å². The monoisotopic (exact) mass is 284 g/mol. The number of rotatable bonds is 3. The Morgan fingerprint density at radius 2 is 2.05 bits per heavy atom. The quantitative estimate of drug-likeness (QED) is 0.724. The summed E-state index contributed by atoms with van der Waals surface area (Å²) in [5.74, 6) is 0.787. The first-order chi connectivity index (χ1) is 9.72. The molecule has 100 valence electrons. The van der Waals surface area contributed by atoms with E-state index < -0.39 is 0 Å². The molecule has 0 saturated heterocycles. The Morgan fingerprint density at radius 1 is 1.15 bits per heavy atom. The van der Waals surface area contributed by atoms with Crippen LogP contribution in [0.5, 0.6) is 5.75 Å². The van der Waals surface area contributed by atoms with Crippen LogP contribution in [0.25, 0.3) is 10.9 Å². The molecule has 0 aliphatic rings. The van der Waals surface area contributed by atoms with Gasteiger partial charge in [-0.3, -0.25) is 9.97 Å². The fourth-order valence-corrected chi connectivity index (χ4v) is 2.22. The molecule has 0 atom stereocenters. The normalized spacial score (nSPS) is 10.7. The first kappa shape index (κ1) is 12.9. The zero-order valence-electron chi connectivity index (χ0n) is 11.0. The van der Waals surface area contributed by atoms with Crippen molar-refractivity contribution in [1.82, 2.24) is 9.97 Å². The van der Waals surface area contributed by atoms with E-state index in [0.29, 0.717) is 11.6 Å². The van der Waals surface area contributed by atoms with Gasteiger partial charge in [-0.1, -0.05) is 17.7 Å². The number of aryl methyl sites for hydroxylation is 1. The summed E-state index contributed by atoms with van der Waals surface area (Å²) in [4.78, 5) is 8.71. The third-order valence-corrected chi connectivity index (χ3v) is 3.22. The Balaban J connectivity index is 1.87. The second-order valence-electron chi connectivity index (χ2n) is 4.53. The van der Waals surface area contributed by atoms with Gasteiger partial charge in [-0.2, -0.15) is 0 Å². The van der Waals surface area contributed by atoms with E-state index in [2.05, 4.69) is 9.97 Å². The van der Waals surface area contributed by atoms with Gasteiger partial charge in [0, 0.05) is 22.3 Å². The van der Waals surface area contributed by atoms with Crippen molar-refractivity contribution < 1.29 is 4.74 Å². The van der Waals surface area contributed by atoms with E-state index in [1.54, 1.807) is 6.20 Å². The zero-order chi connectivity index (χ0) is 13.9. The van der Waals surface area contributed by atoms with Crippen LogP contribution in [-0.2, 0) is 6.61 Å². The second-order valence-corrected chi connectivity index (χ2v) is 4.97. The van der Waals surface area contributed by atoms with Crippen LogP contribution in [0.15, 0.2) is 48.7 Å². The number of fused-ring (bicyclic) bond motifs is 1. The maximum absolute atomic E-state index is 5.97. The molecule has 2 heterocycles. The van der Waals surface area contributed by atoms with E-state index >= 15 is 0 Å². The van der Waals surface area contributed by atoms with Crippen molar-refractivity contribution in [2.45, 2.75) is 13.5 Å². The van der Waals surface area contributed by atoms with Crippen LogP contribution in [-0.4, -0.2) is 9.97 Å². The maximum atomic E-state index is 5.97. The van der Waals surface area contributed by atoms with Gasteiger partial charge in [0.15, 0.2) is 0 Å². The predicted octanol–water partition coefficient (Wildman–Crippen LogP) is 4.17. The number of nitrogens with zero attached hydrogens (tertiary/aromatic N) is 2. The van der Waals surface area contributed by atoms with Gasteiger partial charge in [-0.25, -0.2) is 0 Å². The molecule has 0 saturated carbocycles. The molecule has 3 aromatic rings. The van der Waals surface area contributed by atoms with Crippen LogP contribution in [0.1, 0.15) is 11.4 Å². The van der Waals surface area contributed by atoms with Crippen molar-refractivity contribution >= 4 is 22.5 Å². The standard InChI is InChI=1S/C16H13ClN2O/c1-11-3-2-4-13(19-11)10-20-16-7-8-18-15-9-12(17)5-6-14(15)16/h2-9H,10H2,1H3. The lowest BCUT2D eigenvalue weighted by atomic mass is 10.2. The largest absolute Gasteiger partial charge is 0.487 e. The third-order valence-electron chi connectivity index (χ3n) is 2.99. The molecule has 0 spiro atoms. The van der Waals surface area contributed by atoms with Gasteiger partial charge in [-0.05, 0) is 43.3 Å². The number of ether oxygens (including phenoxy) is 1. The molecule has 0 fully saturated rings. The van der Waals surface area contributed by atoms with Gasteiger partial charge in [-0.15, -0.1) is 0 Å². The van der Waals surface area contributed by atoms with Gasteiger partial charge in [0.1, 0.15) is 12.4 Å². The summed E-state index contributed by atoms with van der Waals surface area (Å²) in [6, 6.07) is 13.3. The summed E-state index contributed by atoms with van der Waals surface area (Å²) in [7, 11) is 0. The molecule has 4 heteroatoms. The van der Waals surface area contributed by atoms with Crippen molar-refractivity contribution in [3.8, 4) is 5.75 Å². The first-order valence-electron chi connectivity index (χ1n) is 6.32. The average molecular weight is 285 g/mol. The lowest BCUT2D eigenvalue weighted by Gasteiger charge is -2.09. The van der Waals surface area contributed by atoms with E-state index in [9.17, 15) is 0 Å². The Hall–Kier alpha value is -2.13. The fraction of sp³-hybridized carbons (Fsp3) is 0.125. The van der Waals surface area contributed by atoms with Crippen molar-refractivity contribution in [1.29, 1.82) is 0 Å². The predicted molar refractivity (Wildman–Crippen MR) is 80.1 cm³/mol. The molecular weight excluding hydrogens is 272 g/mol. The van der Waals surface area contributed by atoms with Gasteiger partial charge in [0.25, 0.3) is 0 Å². The van der Waals surface area contributed by atoms with Crippen LogP contribution < -0.4 is 4.74 Å². The summed E-state index contributed by atoms with van der Waals surface area (Å²) in [5, 5.41) is 1.62. The van der Waals surface area contributed by atoms with Crippen LogP contribution in [0.3, 0.4) is 0 Å². The highest BCUT2D eigenvalue weighted by Crippen LogP contribution is 2.26. The molecule has 0 aliphatic carbocycles. The minimum Gasteiger partial charge on any atom is -0.487 e. The van der Waals surface area contributed by atoms with E-state index in [-0.39, 0.29) is 0 Å². The summed E-state index contributed by atoms with van der Waals surface area (Å²) < 4.78 is 5.85. The lowest BCUT2D eigenvalue weighted by Crippen LogP contribution is -1.99. The van der Waals surface area contributed by atoms with E-state index in [1.807, 2.05) is 49.4 Å². The SMILES string of the molecule is Cc1cccc(COc2ccnc3cc(Cl)ccc23)n1. The van der Waals surface area contributed by atoms with Gasteiger partial charge in [0.05, 0.1) is 11.2 Å². The molecule has 1 aromatic carbocycles. The Labute approximate surface area is 122 Å². The minimum atomic E-state index is 0.434. The molecular formula is C16H13ClN2O. The van der Waals surface area contributed by atoms with Crippen LogP contribution in [0.4, 0.5) is 0 Å². The highest BCUT2D eigenvalue weighted by atomic mass is 35.5. The van der Waals surface area contributed by atoms with Crippen LogP contribution in [0, 0.1) is 6.92 Å². The fourth-order valence-electron chi connectivity index (χ4n) is 2.05. The summed E-state index contributed by atoms with van der Waals surface area (Å²) in [5.41, 5.74) is 2.72. The highest BCUT2D eigenvalue weighted by molar-refractivity contribution is 6.31. The Bertz CT molecular complexity index is 758. The number of pyridine rings is 2. The molecule has 0 radical (unpaired) electrons. The van der Waals surface area contributed by atoms with Crippen molar-refractivity contribution in [3.05, 3.63) is 65.1 Å². The molecule has 20 heavy (non-hydrogen) atoms. The molecule has 0 N–H and O–H groups in total. The number of hydrogen-bond donors (Lipinski definition) is 0. The molecule has 3 nitrogen and oxygen atoms in total. The van der Waals surface area contributed by atoms with E-state index in [1.165, 1.54) is 0 Å². The topological polar surface area (TPSA) is 35.0 Å². The van der Waals surface area contributed by atoms with Crippen LogP contribution >= 0.6 is 11.6 Å². The number of hydrogen-bond acceptors (Lipinski definition) is 3. The summed E-state index contributed by atoms with van der Waals surface area (Å²) in [6.45, 7) is 2.40. The van der Waals surface area contributed by atoms with Crippen molar-refractivity contribution in [3.63, 3.8) is 0 Å². The minimum absolute atomic E-state index is 0.434. The molecule has 0 unspecified atom stereocenters. The maximum Gasteiger partial charge on any atom is 0.130 e. The highest BCUT2D eigenvalue weighted by Gasteiger charge is 2.04. The lowest BCUT2D eigenvalue weighted by molar-refractivity contribution is 0.304. The summed E-state index contributed by atoms with van der Waals surface area (Å²) in [6.07, 6.45) is 1.72. The number of benzene rings is 1. The van der Waals surface area contributed by atoms with Crippen molar-refractivity contribution in [2.24, 2.45) is 0 Å². The summed E-state index contributed by atoms with van der Waals surface area (Å²) >= 11 is 5.97. The van der Waals surface area contributed by atoms with E-state index in [4.69, 9.17) is 16.3 Å². The smallest absolute Gasteiger partial charge is 0.130 e. The molecule has 2 aromatic heterocycles. The zero-order valence-corrected chi connectivity index (χ0v) is 11.8.